The van der Waals surface area contributed by atoms with E-state index in [1.165, 1.54) is 0 Å². The molecular weight excluding hydrogens is 462 g/mol. The molecule has 0 aromatic heterocycles. The van der Waals surface area contributed by atoms with Gasteiger partial charge in [0.1, 0.15) is 0 Å². The van der Waals surface area contributed by atoms with Gasteiger partial charge in [0, 0.05) is 35.9 Å². The summed E-state index contributed by atoms with van der Waals surface area (Å²) in [5.74, 6) is -0.212. The number of aryl methyl sites for hydroxylation is 2. The maximum absolute atomic E-state index is 13.0. The number of nitrogens with one attached hydrogen (secondary N) is 2. The Labute approximate surface area is 206 Å². The average Bonchev–Trinajstić information content (AvgIpc) is 2.86. The molecule has 2 amide bonds. The monoisotopic (exact) mass is 491 g/mol. The van der Waals surface area contributed by atoms with E-state index >= 15 is 0 Å². The largest absolute Gasteiger partial charge is 0.349 e. The van der Waals surface area contributed by atoms with Gasteiger partial charge in [-0.3, -0.25) is 14.3 Å². The predicted octanol–water partition coefficient (Wildman–Crippen LogP) is 4.14. The summed E-state index contributed by atoms with van der Waals surface area (Å²) in [6.07, 6.45) is 1.36. The van der Waals surface area contributed by atoms with E-state index in [1.54, 1.807) is 60.4 Å². The van der Waals surface area contributed by atoms with Crippen LogP contribution in [0, 0.1) is 13.8 Å². The number of anilines is 1. The second-order valence-corrected chi connectivity index (χ2v) is 10.5. The Morgan fingerprint density at radius 1 is 0.857 bits per heavy atom. The molecule has 0 bridgehead atoms. The van der Waals surface area contributed by atoms with Gasteiger partial charge in [-0.2, -0.15) is 0 Å². The number of carbonyl (C=O) groups excluding carboxylic acids is 2. The van der Waals surface area contributed by atoms with Crippen molar-refractivity contribution in [2.75, 3.05) is 17.8 Å². The number of likely N-dealkylation sites (tertiary alicyclic amines) is 1. The number of rotatable bonds is 6. The summed E-state index contributed by atoms with van der Waals surface area (Å²) in [7, 11) is -3.74. The van der Waals surface area contributed by atoms with E-state index in [4.69, 9.17) is 0 Å². The van der Waals surface area contributed by atoms with Crippen LogP contribution in [-0.2, 0) is 10.0 Å². The zero-order chi connectivity index (χ0) is 25.0. The van der Waals surface area contributed by atoms with Crippen molar-refractivity contribution in [3.8, 4) is 0 Å². The predicted molar refractivity (Wildman–Crippen MR) is 136 cm³/mol. The van der Waals surface area contributed by atoms with Crippen molar-refractivity contribution >= 4 is 27.5 Å². The Hall–Kier alpha value is -3.65. The van der Waals surface area contributed by atoms with Crippen LogP contribution >= 0.6 is 0 Å². The van der Waals surface area contributed by atoms with Crippen LogP contribution in [-0.4, -0.2) is 44.3 Å². The molecule has 1 aliphatic rings. The summed E-state index contributed by atoms with van der Waals surface area (Å²) >= 11 is 0. The highest BCUT2D eigenvalue weighted by molar-refractivity contribution is 7.92. The Bertz CT molecular complexity index is 1310. The van der Waals surface area contributed by atoms with Crippen LogP contribution < -0.4 is 10.0 Å². The van der Waals surface area contributed by atoms with Gasteiger partial charge in [-0.1, -0.05) is 30.3 Å². The molecule has 1 fully saturated rings. The van der Waals surface area contributed by atoms with Crippen LogP contribution in [0.5, 0.6) is 0 Å². The van der Waals surface area contributed by atoms with Crippen molar-refractivity contribution in [2.24, 2.45) is 0 Å². The van der Waals surface area contributed by atoms with E-state index in [0.717, 1.165) is 5.56 Å². The third kappa shape index (κ3) is 5.89. The minimum Gasteiger partial charge on any atom is -0.349 e. The van der Waals surface area contributed by atoms with Gasteiger partial charge in [-0.15, -0.1) is 0 Å². The molecule has 0 saturated carbocycles. The maximum Gasteiger partial charge on any atom is 0.262 e. The lowest BCUT2D eigenvalue weighted by atomic mass is 10.0. The van der Waals surface area contributed by atoms with Crippen LogP contribution in [0.15, 0.2) is 77.7 Å². The highest BCUT2D eigenvalue weighted by Crippen LogP contribution is 2.22. The van der Waals surface area contributed by atoms with Gasteiger partial charge in [-0.05, 0) is 80.3 Å². The first-order valence-corrected chi connectivity index (χ1v) is 13.1. The van der Waals surface area contributed by atoms with Crippen LogP contribution in [0.1, 0.15) is 44.7 Å². The summed E-state index contributed by atoms with van der Waals surface area (Å²) in [5.41, 5.74) is 3.04. The van der Waals surface area contributed by atoms with E-state index in [0.29, 0.717) is 48.3 Å². The van der Waals surface area contributed by atoms with Gasteiger partial charge >= 0.3 is 0 Å². The number of hydrogen-bond donors (Lipinski definition) is 2. The molecule has 35 heavy (non-hydrogen) atoms. The van der Waals surface area contributed by atoms with Crippen molar-refractivity contribution in [1.82, 2.24) is 10.2 Å². The molecule has 0 spiro atoms. The van der Waals surface area contributed by atoms with Crippen molar-refractivity contribution < 1.29 is 18.0 Å². The molecule has 0 atom stereocenters. The number of amides is 2. The fourth-order valence-electron chi connectivity index (χ4n) is 4.16. The first-order valence-electron chi connectivity index (χ1n) is 11.6. The van der Waals surface area contributed by atoms with E-state index in [2.05, 4.69) is 10.0 Å². The third-order valence-electron chi connectivity index (χ3n) is 6.17. The Balaban J connectivity index is 1.34. The zero-order valence-electron chi connectivity index (χ0n) is 19.8. The third-order valence-corrected chi connectivity index (χ3v) is 7.69. The molecule has 3 aromatic carbocycles. The molecular formula is C27H29N3O4S. The van der Waals surface area contributed by atoms with Crippen molar-refractivity contribution in [3.63, 3.8) is 0 Å². The second-order valence-electron chi connectivity index (χ2n) is 8.86. The molecule has 0 radical (unpaired) electrons. The molecule has 2 N–H and O–H groups in total. The standard InChI is InChI=1S/C27H29N3O4S/c1-19-8-9-20(2)25(18-19)35(33,34)29-24-12-10-22(11-13-24)27(32)30-16-14-23(15-17-30)28-26(31)21-6-4-3-5-7-21/h3-13,18,23,29H,14-17H2,1-2H3,(H,28,31). The molecule has 1 saturated heterocycles. The molecule has 0 aliphatic carbocycles. The summed E-state index contributed by atoms with van der Waals surface area (Å²) in [6.45, 7) is 4.68. The lowest BCUT2D eigenvalue weighted by molar-refractivity contribution is 0.0698. The van der Waals surface area contributed by atoms with E-state index in [1.807, 2.05) is 31.2 Å². The normalized spacial score (nSPS) is 14.4. The molecule has 7 nitrogen and oxygen atoms in total. The van der Waals surface area contributed by atoms with E-state index in [-0.39, 0.29) is 22.8 Å². The Kier molecular flexibility index (Phi) is 7.21. The van der Waals surface area contributed by atoms with Gasteiger partial charge in [0.2, 0.25) is 0 Å². The molecule has 182 valence electrons. The summed E-state index contributed by atoms with van der Waals surface area (Å²) in [6, 6.07) is 20.9. The summed E-state index contributed by atoms with van der Waals surface area (Å²) < 4.78 is 28.2. The van der Waals surface area contributed by atoms with Crippen molar-refractivity contribution in [3.05, 3.63) is 95.1 Å². The number of hydrogen-bond acceptors (Lipinski definition) is 4. The van der Waals surface area contributed by atoms with Gasteiger partial charge < -0.3 is 10.2 Å². The minimum atomic E-state index is -3.74. The number of benzene rings is 3. The average molecular weight is 492 g/mol. The van der Waals surface area contributed by atoms with Crippen LogP contribution in [0.3, 0.4) is 0 Å². The van der Waals surface area contributed by atoms with Crippen LogP contribution in [0.2, 0.25) is 0 Å². The minimum absolute atomic E-state index is 0.0219. The highest BCUT2D eigenvalue weighted by atomic mass is 32.2. The van der Waals surface area contributed by atoms with Gasteiger partial charge in [0.05, 0.1) is 4.90 Å². The number of carbonyl (C=O) groups is 2. The fraction of sp³-hybridized carbons (Fsp3) is 0.259. The molecule has 4 rings (SSSR count). The lowest BCUT2D eigenvalue weighted by Gasteiger charge is -2.32. The lowest BCUT2D eigenvalue weighted by Crippen LogP contribution is -2.46. The van der Waals surface area contributed by atoms with Gasteiger partial charge in [-0.25, -0.2) is 8.42 Å². The van der Waals surface area contributed by atoms with Crippen LogP contribution in [0.25, 0.3) is 0 Å². The molecule has 1 heterocycles. The topological polar surface area (TPSA) is 95.6 Å². The summed E-state index contributed by atoms with van der Waals surface area (Å²) in [4.78, 5) is 27.3. The number of sulfonamides is 1. The number of piperidine rings is 1. The van der Waals surface area contributed by atoms with Crippen LogP contribution in [0.4, 0.5) is 5.69 Å². The molecule has 0 unspecified atom stereocenters. The smallest absolute Gasteiger partial charge is 0.262 e. The second kappa shape index (κ2) is 10.3. The molecule has 8 heteroatoms. The Morgan fingerprint density at radius 3 is 2.17 bits per heavy atom. The fourth-order valence-corrected chi connectivity index (χ4v) is 5.54. The van der Waals surface area contributed by atoms with Crippen molar-refractivity contribution in [1.29, 1.82) is 0 Å². The first kappa shape index (κ1) is 24.5. The zero-order valence-corrected chi connectivity index (χ0v) is 20.6. The van der Waals surface area contributed by atoms with Crippen molar-refractivity contribution in [2.45, 2.75) is 37.6 Å². The number of nitrogens with zero attached hydrogens (tertiary/aromatic N) is 1. The maximum atomic E-state index is 13.0. The van der Waals surface area contributed by atoms with Gasteiger partial charge in [0.25, 0.3) is 21.8 Å². The van der Waals surface area contributed by atoms with E-state index in [9.17, 15) is 18.0 Å². The molecule has 3 aromatic rings. The quantitative estimate of drug-likeness (QED) is 0.542. The highest BCUT2D eigenvalue weighted by Gasteiger charge is 2.25. The Morgan fingerprint density at radius 2 is 1.51 bits per heavy atom. The van der Waals surface area contributed by atoms with Gasteiger partial charge in [0.15, 0.2) is 0 Å². The first-order chi connectivity index (χ1) is 16.7. The molecule has 1 aliphatic heterocycles. The SMILES string of the molecule is Cc1ccc(C)c(S(=O)(=O)Nc2ccc(C(=O)N3CCC(NC(=O)c4ccccc4)CC3)cc2)c1. The summed E-state index contributed by atoms with van der Waals surface area (Å²) in [5, 5.41) is 3.04. The van der Waals surface area contributed by atoms with E-state index < -0.39 is 10.0 Å².